The quantitative estimate of drug-likeness (QED) is 0.907. The first-order chi connectivity index (χ1) is 9.27. The lowest BCUT2D eigenvalue weighted by Crippen LogP contribution is -2.30. The maximum absolute atomic E-state index is 12.6. The summed E-state index contributed by atoms with van der Waals surface area (Å²) < 4.78 is 26.6. The summed E-state index contributed by atoms with van der Waals surface area (Å²) in [4.78, 5) is 0.185. The minimum absolute atomic E-state index is 0.185. The van der Waals surface area contributed by atoms with Gasteiger partial charge in [0.05, 0.1) is 11.5 Å². The van der Waals surface area contributed by atoms with Gasteiger partial charge >= 0.3 is 0 Å². The predicted molar refractivity (Wildman–Crippen MR) is 79.2 cm³/mol. The molecule has 1 saturated carbocycles. The summed E-state index contributed by atoms with van der Waals surface area (Å²) in [7, 11) is -1.97. The maximum Gasteiger partial charge on any atom is 0.243 e. The highest BCUT2D eigenvalue weighted by atomic mass is 35.5. The van der Waals surface area contributed by atoms with Crippen LogP contribution in [0.4, 0.5) is 0 Å². The van der Waals surface area contributed by atoms with Crippen molar-refractivity contribution in [2.75, 3.05) is 13.6 Å². The number of nitrogens with zero attached hydrogens (tertiary/aromatic N) is 1. The highest BCUT2D eigenvalue weighted by Gasteiger charge is 2.36. The third-order valence-corrected chi connectivity index (χ3v) is 6.23. The van der Waals surface area contributed by atoms with Gasteiger partial charge in [0.2, 0.25) is 10.0 Å². The van der Waals surface area contributed by atoms with Crippen molar-refractivity contribution in [2.24, 2.45) is 11.8 Å². The van der Waals surface area contributed by atoms with E-state index in [0.29, 0.717) is 34.5 Å². The zero-order chi connectivity index (χ0) is 15.1. The number of benzene rings is 1. The predicted octanol–water partition coefficient (Wildman–Crippen LogP) is 2.42. The van der Waals surface area contributed by atoms with E-state index in [4.69, 9.17) is 11.6 Å². The average molecular weight is 318 g/mol. The first-order valence-corrected chi connectivity index (χ1v) is 8.45. The summed E-state index contributed by atoms with van der Waals surface area (Å²) in [5.41, 5.74) is 1.11. The Morgan fingerprint density at radius 3 is 2.55 bits per heavy atom. The maximum atomic E-state index is 12.6. The van der Waals surface area contributed by atoms with E-state index < -0.39 is 10.0 Å². The number of hydrogen-bond acceptors (Lipinski definition) is 3. The molecule has 20 heavy (non-hydrogen) atoms. The third kappa shape index (κ3) is 3.01. The summed E-state index contributed by atoms with van der Waals surface area (Å²) in [5, 5.41) is 9.62. The molecule has 0 spiro atoms. The Kier molecular flexibility index (Phi) is 4.44. The Labute approximate surface area is 125 Å². The van der Waals surface area contributed by atoms with Gasteiger partial charge in [-0.1, -0.05) is 18.5 Å². The summed E-state index contributed by atoms with van der Waals surface area (Å²) >= 11 is 5.96. The second-order valence-electron chi connectivity index (χ2n) is 5.60. The molecule has 1 N–H and O–H groups in total. The van der Waals surface area contributed by atoms with Gasteiger partial charge < -0.3 is 5.11 Å². The minimum Gasteiger partial charge on any atom is -0.392 e. The lowest BCUT2D eigenvalue weighted by Gasteiger charge is -2.20. The summed E-state index contributed by atoms with van der Waals surface area (Å²) in [6.45, 7) is 4.13. The topological polar surface area (TPSA) is 57.6 Å². The second kappa shape index (κ2) is 5.64. The molecule has 0 bridgehead atoms. The average Bonchev–Trinajstić information content (AvgIpc) is 3.07. The molecule has 4 nitrogen and oxygen atoms in total. The van der Waals surface area contributed by atoms with Crippen LogP contribution < -0.4 is 0 Å². The Hall–Kier alpha value is -0.620. The van der Waals surface area contributed by atoms with Crippen molar-refractivity contribution in [3.05, 3.63) is 28.3 Å². The summed E-state index contributed by atoms with van der Waals surface area (Å²) in [6.07, 6.45) is 1.08. The van der Waals surface area contributed by atoms with Crippen molar-refractivity contribution in [1.82, 2.24) is 4.31 Å². The van der Waals surface area contributed by atoms with E-state index in [1.165, 1.54) is 10.4 Å². The van der Waals surface area contributed by atoms with Crippen molar-refractivity contribution in [1.29, 1.82) is 0 Å². The van der Waals surface area contributed by atoms with Crippen LogP contribution in [0, 0.1) is 18.8 Å². The van der Waals surface area contributed by atoms with Gasteiger partial charge in [0.15, 0.2) is 0 Å². The van der Waals surface area contributed by atoms with Crippen LogP contribution in [0.1, 0.15) is 24.5 Å². The van der Waals surface area contributed by atoms with Crippen LogP contribution in [0.15, 0.2) is 17.0 Å². The largest absolute Gasteiger partial charge is 0.392 e. The third-order valence-electron chi connectivity index (χ3n) is 4.06. The van der Waals surface area contributed by atoms with E-state index in [-0.39, 0.29) is 11.5 Å². The van der Waals surface area contributed by atoms with Crippen molar-refractivity contribution >= 4 is 21.6 Å². The van der Waals surface area contributed by atoms with Crippen LogP contribution in [-0.4, -0.2) is 31.4 Å². The Balaban J connectivity index is 2.35. The van der Waals surface area contributed by atoms with Crippen LogP contribution in [0.2, 0.25) is 5.02 Å². The Morgan fingerprint density at radius 2 is 2.05 bits per heavy atom. The number of rotatable bonds is 5. The lowest BCUT2D eigenvalue weighted by molar-refractivity contribution is 0.280. The fourth-order valence-corrected chi connectivity index (χ4v) is 4.21. The number of halogens is 1. The molecule has 6 heteroatoms. The van der Waals surface area contributed by atoms with Gasteiger partial charge in [-0.05, 0) is 48.4 Å². The molecule has 0 amide bonds. The summed E-state index contributed by atoms with van der Waals surface area (Å²) in [5.74, 6) is 1.05. The molecule has 1 aliphatic carbocycles. The van der Waals surface area contributed by atoms with Gasteiger partial charge in [-0.2, -0.15) is 0 Å². The molecule has 2 atom stereocenters. The molecule has 1 fully saturated rings. The zero-order valence-electron chi connectivity index (χ0n) is 11.9. The van der Waals surface area contributed by atoms with E-state index >= 15 is 0 Å². The van der Waals surface area contributed by atoms with Gasteiger partial charge in [-0.15, -0.1) is 0 Å². The number of sulfonamides is 1. The molecular formula is C14H20ClNO3S. The molecule has 2 unspecified atom stereocenters. The van der Waals surface area contributed by atoms with Gasteiger partial charge in [0.1, 0.15) is 0 Å². The SMILES string of the molecule is Cc1c(CO)cc(Cl)cc1S(=O)(=O)N(C)CC1CC1C. The van der Waals surface area contributed by atoms with Crippen LogP contribution in [0.3, 0.4) is 0 Å². The van der Waals surface area contributed by atoms with Crippen LogP contribution in [0.25, 0.3) is 0 Å². The normalized spacial score (nSPS) is 22.3. The number of aliphatic hydroxyl groups is 1. The van der Waals surface area contributed by atoms with Crippen molar-refractivity contribution < 1.29 is 13.5 Å². The molecule has 0 saturated heterocycles. The standard InChI is InChI=1S/C14H20ClNO3S/c1-9-4-11(9)7-16(3)20(18,19)14-6-13(15)5-12(8-17)10(14)2/h5-6,9,11,17H,4,7-8H2,1-3H3. The molecule has 1 aliphatic rings. The van der Waals surface area contributed by atoms with E-state index in [1.54, 1.807) is 20.0 Å². The number of hydrogen-bond donors (Lipinski definition) is 1. The first kappa shape index (κ1) is 15.8. The van der Waals surface area contributed by atoms with E-state index in [2.05, 4.69) is 6.92 Å². The van der Waals surface area contributed by atoms with E-state index in [0.717, 1.165) is 6.42 Å². The van der Waals surface area contributed by atoms with E-state index in [1.807, 2.05) is 0 Å². The van der Waals surface area contributed by atoms with Gasteiger partial charge in [-0.3, -0.25) is 0 Å². The van der Waals surface area contributed by atoms with Crippen molar-refractivity contribution in [3.63, 3.8) is 0 Å². The van der Waals surface area contributed by atoms with Crippen molar-refractivity contribution in [2.45, 2.75) is 31.8 Å². The highest BCUT2D eigenvalue weighted by Crippen LogP contribution is 2.39. The van der Waals surface area contributed by atoms with Crippen LogP contribution in [-0.2, 0) is 16.6 Å². The minimum atomic E-state index is -3.57. The Bertz CT molecular complexity index is 615. The zero-order valence-corrected chi connectivity index (χ0v) is 13.5. The van der Waals surface area contributed by atoms with Gasteiger partial charge in [0, 0.05) is 18.6 Å². The molecule has 2 rings (SSSR count). The summed E-state index contributed by atoms with van der Waals surface area (Å²) in [6, 6.07) is 3.05. The van der Waals surface area contributed by atoms with Crippen LogP contribution in [0.5, 0.6) is 0 Å². The molecule has 0 radical (unpaired) electrons. The molecule has 1 aromatic carbocycles. The highest BCUT2D eigenvalue weighted by molar-refractivity contribution is 7.89. The van der Waals surface area contributed by atoms with Gasteiger partial charge in [-0.25, -0.2) is 12.7 Å². The molecule has 0 aliphatic heterocycles. The Morgan fingerprint density at radius 1 is 1.45 bits per heavy atom. The van der Waals surface area contributed by atoms with Gasteiger partial charge in [0.25, 0.3) is 0 Å². The first-order valence-electron chi connectivity index (χ1n) is 6.63. The van der Waals surface area contributed by atoms with E-state index in [9.17, 15) is 13.5 Å². The fourth-order valence-electron chi connectivity index (χ4n) is 2.39. The molecule has 0 heterocycles. The molecular weight excluding hydrogens is 298 g/mol. The van der Waals surface area contributed by atoms with Crippen LogP contribution >= 0.6 is 11.6 Å². The number of aliphatic hydroxyl groups excluding tert-OH is 1. The van der Waals surface area contributed by atoms with Crippen molar-refractivity contribution in [3.8, 4) is 0 Å². The monoisotopic (exact) mass is 317 g/mol. The smallest absolute Gasteiger partial charge is 0.243 e. The second-order valence-corrected chi connectivity index (χ2v) is 8.05. The molecule has 112 valence electrons. The fraction of sp³-hybridized carbons (Fsp3) is 0.571. The lowest BCUT2D eigenvalue weighted by atomic mass is 10.1. The molecule has 1 aromatic rings. The molecule has 0 aromatic heterocycles.